The summed E-state index contributed by atoms with van der Waals surface area (Å²) < 4.78 is 12.8. The van der Waals surface area contributed by atoms with Crippen molar-refractivity contribution < 1.29 is 14.3 Å². The van der Waals surface area contributed by atoms with Gasteiger partial charge in [0, 0.05) is 25.8 Å². The summed E-state index contributed by atoms with van der Waals surface area (Å²) in [7, 11) is 0. The smallest absolute Gasteiger partial charge is 0.220 e. The van der Waals surface area contributed by atoms with Crippen molar-refractivity contribution >= 4 is 5.91 Å². The SMILES string of the molecule is CC(CO)CNC(=O)CCc1cncc(F)c1. The van der Waals surface area contributed by atoms with Crippen LogP contribution in [0.3, 0.4) is 0 Å². The molecule has 0 saturated heterocycles. The lowest BCUT2D eigenvalue weighted by atomic mass is 10.1. The maximum atomic E-state index is 12.8. The van der Waals surface area contributed by atoms with Crippen molar-refractivity contribution in [2.45, 2.75) is 19.8 Å². The van der Waals surface area contributed by atoms with E-state index in [1.165, 1.54) is 6.07 Å². The van der Waals surface area contributed by atoms with Crippen LogP contribution in [0.1, 0.15) is 18.9 Å². The van der Waals surface area contributed by atoms with Crippen molar-refractivity contribution in [2.24, 2.45) is 5.92 Å². The molecule has 0 bridgehead atoms. The Hall–Kier alpha value is -1.49. The van der Waals surface area contributed by atoms with Crippen molar-refractivity contribution in [1.29, 1.82) is 0 Å². The minimum atomic E-state index is -0.392. The lowest BCUT2D eigenvalue weighted by molar-refractivity contribution is -0.121. The van der Waals surface area contributed by atoms with Gasteiger partial charge in [0.2, 0.25) is 5.91 Å². The van der Waals surface area contributed by atoms with Gasteiger partial charge in [0.25, 0.3) is 0 Å². The number of hydrogen-bond acceptors (Lipinski definition) is 3. The highest BCUT2D eigenvalue weighted by molar-refractivity contribution is 5.76. The molecule has 0 aliphatic rings. The van der Waals surface area contributed by atoms with Crippen molar-refractivity contribution in [3.05, 3.63) is 29.8 Å². The van der Waals surface area contributed by atoms with Gasteiger partial charge >= 0.3 is 0 Å². The number of aryl methyl sites for hydroxylation is 1. The van der Waals surface area contributed by atoms with E-state index in [1.807, 2.05) is 6.92 Å². The maximum Gasteiger partial charge on any atom is 0.220 e. The highest BCUT2D eigenvalue weighted by Gasteiger charge is 2.05. The van der Waals surface area contributed by atoms with Crippen LogP contribution in [0.4, 0.5) is 4.39 Å². The number of carbonyl (C=O) groups is 1. The highest BCUT2D eigenvalue weighted by Crippen LogP contribution is 2.03. The molecule has 0 aliphatic carbocycles. The Kier molecular flexibility index (Phi) is 5.56. The lowest BCUT2D eigenvalue weighted by Crippen LogP contribution is -2.29. The Morgan fingerprint density at radius 3 is 3.00 bits per heavy atom. The first-order chi connectivity index (χ1) is 8.11. The Balaban J connectivity index is 2.28. The first kappa shape index (κ1) is 13.6. The molecule has 1 unspecified atom stereocenters. The first-order valence-electron chi connectivity index (χ1n) is 5.58. The van der Waals surface area contributed by atoms with Crippen molar-refractivity contribution in [2.75, 3.05) is 13.2 Å². The fraction of sp³-hybridized carbons (Fsp3) is 0.500. The molecular formula is C12H17FN2O2. The molecule has 1 aromatic heterocycles. The zero-order chi connectivity index (χ0) is 12.7. The molecule has 0 aliphatic heterocycles. The summed E-state index contributed by atoms with van der Waals surface area (Å²) in [6, 6.07) is 1.37. The standard InChI is InChI=1S/C12H17FN2O2/c1-9(8-16)5-15-12(17)3-2-10-4-11(13)7-14-6-10/h4,6-7,9,16H,2-3,5,8H2,1H3,(H,15,17). The van der Waals surface area contributed by atoms with Crippen LogP contribution >= 0.6 is 0 Å². The van der Waals surface area contributed by atoms with Crippen LogP contribution in [0.15, 0.2) is 18.5 Å². The maximum absolute atomic E-state index is 12.8. The molecule has 0 spiro atoms. The largest absolute Gasteiger partial charge is 0.396 e. The summed E-state index contributed by atoms with van der Waals surface area (Å²) in [4.78, 5) is 15.1. The summed E-state index contributed by atoms with van der Waals surface area (Å²) >= 11 is 0. The van der Waals surface area contributed by atoms with E-state index < -0.39 is 5.82 Å². The Labute approximate surface area is 99.9 Å². The summed E-state index contributed by atoms with van der Waals surface area (Å²) in [5.74, 6) is -0.443. The Morgan fingerprint density at radius 1 is 1.59 bits per heavy atom. The average Bonchev–Trinajstić information content (AvgIpc) is 2.33. The fourth-order valence-electron chi connectivity index (χ4n) is 1.29. The van der Waals surface area contributed by atoms with Crippen molar-refractivity contribution in [1.82, 2.24) is 10.3 Å². The molecule has 1 rings (SSSR count). The zero-order valence-electron chi connectivity index (χ0n) is 9.82. The molecule has 4 nitrogen and oxygen atoms in total. The van der Waals surface area contributed by atoms with E-state index in [1.54, 1.807) is 6.20 Å². The third kappa shape index (κ3) is 5.40. The van der Waals surface area contributed by atoms with Crippen molar-refractivity contribution in [3.8, 4) is 0 Å². The minimum absolute atomic E-state index is 0.0497. The number of aromatic nitrogens is 1. The molecule has 1 amide bonds. The average molecular weight is 240 g/mol. The molecule has 0 saturated carbocycles. The molecule has 2 N–H and O–H groups in total. The number of rotatable bonds is 6. The van der Waals surface area contributed by atoms with Crippen molar-refractivity contribution in [3.63, 3.8) is 0 Å². The number of carbonyl (C=O) groups excluding carboxylic acids is 1. The molecule has 94 valence electrons. The predicted molar refractivity (Wildman–Crippen MR) is 61.8 cm³/mol. The normalized spacial score (nSPS) is 12.2. The summed E-state index contributed by atoms with van der Waals surface area (Å²) in [5.41, 5.74) is 0.704. The van der Waals surface area contributed by atoms with Gasteiger partial charge in [0.1, 0.15) is 5.82 Å². The van der Waals surface area contributed by atoms with Crippen LogP contribution in [-0.4, -0.2) is 29.1 Å². The molecule has 1 aromatic rings. The fourth-order valence-corrected chi connectivity index (χ4v) is 1.29. The topological polar surface area (TPSA) is 62.2 Å². The van der Waals surface area contributed by atoms with Gasteiger partial charge in [-0.1, -0.05) is 6.92 Å². The number of nitrogens with zero attached hydrogens (tertiary/aromatic N) is 1. The van der Waals surface area contributed by atoms with Gasteiger partial charge < -0.3 is 10.4 Å². The van der Waals surface area contributed by atoms with Crippen LogP contribution < -0.4 is 5.32 Å². The van der Waals surface area contributed by atoms with E-state index in [4.69, 9.17) is 5.11 Å². The minimum Gasteiger partial charge on any atom is -0.396 e. The zero-order valence-corrected chi connectivity index (χ0v) is 9.82. The number of hydrogen-bond donors (Lipinski definition) is 2. The quantitative estimate of drug-likeness (QED) is 0.776. The molecule has 17 heavy (non-hydrogen) atoms. The number of nitrogens with one attached hydrogen (secondary N) is 1. The van der Waals surface area contributed by atoms with Crippen LogP contribution in [0, 0.1) is 11.7 Å². The van der Waals surface area contributed by atoms with Gasteiger partial charge in [-0.05, 0) is 24.0 Å². The highest BCUT2D eigenvalue weighted by atomic mass is 19.1. The number of amides is 1. The molecule has 0 radical (unpaired) electrons. The molecule has 1 heterocycles. The van der Waals surface area contributed by atoms with Gasteiger partial charge in [-0.25, -0.2) is 4.39 Å². The van der Waals surface area contributed by atoms with Gasteiger partial charge in [0.15, 0.2) is 0 Å². The molecule has 0 fully saturated rings. The van der Waals surface area contributed by atoms with Gasteiger partial charge in [0.05, 0.1) is 6.20 Å². The van der Waals surface area contributed by atoms with E-state index >= 15 is 0 Å². The van der Waals surface area contributed by atoms with Crippen LogP contribution in [0.25, 0.3) is 0 Å². The number of aliphatic hydroxyl groups is 1. The molecule has 1 atom stereocenters. The third-order valence-electron chi connectivity index (χ3n) is 2.36. The first-order valence-corrected chi connectivity index (χ1v) is 5.58. The summed E-state index contributed by atoms with van der Waals surface area (Å²) in [5, 5.41) is 11.5. The number of pyridine rings is 1. The van der Waals surface area contributed by atoms with Crippen LogP contribution in [0.5, 0.6) is 0 Å². The van der Waals surface area contributed by atoms with Crippen LogP contribution in [0.2, 0.25) is 0 Å². The Morgan fingerprint density at radius 2 is 2.35 bits per heavy atom. The van der Waals surface area contributed by atoms with Gasteiger partial charge in [-0.2, -0.15) is 0 Å². The third-order valence-corrected chi connectivity index (χ3v) is 2.36. The summed E-state index contributed by atoms with van der Waals surface area (Å²) in [6.07, 6.45) is 3.44. The van der Waals surface area contributed by atoms with E-state index in [-0.39, 0.29) is 18.4 Å². The second-order valence-corrected chi connectivity index (χ2v) is 4.10. The monoisotopic (exact) mass is 240 g/mol. The van der Waals surface area contributed by atoms with E-state index in [0.29, 0.717) is 24.9 Å². The van der Waals surface area contributed by atoms with Gasteiger partial charge in [-0.3, -0.25) is 9.78 Å². The molecule has 0 aromatic carbocycles. The second kappa shape index (κ2) is 6.96. The summed E-state index contributed by atoms with van der Waals surface area (Å²) in [6.45, 7) is 2.35. The lowest BCUT2D eigenvalue weighted by Gasteiger charge is -2.09. The number of halogens is 1. The van der Waals surface area contributed by atoms with Crippen LogP contribution in [-0.2, 0) is 11.2 Å². The number of aliphatic hydroxyl groups excluding tert-OH is 1. The van der Waals surface area contributed by atoms with Gasteiger partial charge in [-0.15, -0.1) is 0 Å². The molecule has 5 heteroatoms. The van der Waals surface area contributed by atoms with E-state index in [9.17, 15) is 9.18 Å². The predicted octanol–water partition coefficient (Wildman–Crippen LogP) is 0.898. The second-order valence-electron chi connectivity index (χ2n) is 4.10. The molecular weight excluding hydrogens is 223 g/mol. The van der Waals surface area contributed by atoms with E-state index in [0.717, 1.165) is 6.20 Å². The Bertz CT molecular complexity index is 371. The van der Waals surface area contributed by atoms with E-state index in [2.05, 4.69) is 10.3 Å².